The number of methoxy groups -OCH3 is 1. The van der Waals surface area contributed by atoms with E-state index in [9.17, 15) is 8.42 Å². The third kappa shape index (κ3) is 4.68. The fraction of sp³-hybridized carbons (Fsp3) is 0.273. The molecule has 0 heterocycles. The van der Waals surface area contributed by atoms with E-state index in [1.54, 1.807) is 18.2 Å². The number of hydrogen-bond acceptors (Lipinski definition) is 4. The zero-order valence-electron chi connectivity index (χ0n) is 10.2. The highest BCUT2D eigenvalue weighted by atomic mass is 79.9. The molecule has 0 aliphatic carbocycles. The molecule has 19 heavy (non-hydrogen) atoms. The monoisotopic (exact) mass is 345 g/mol. The SMILES string of the molecule is COCC(Br)=C(CS(=O)(=O)c1ccccc1)N=[N+]=[N-]. The van der Waals surface area contributed by atoms with E-state index < -0.39 is 9.84 Å². The normalized spacial score (nSPS) is 12.5. The third-order valence-corrected chi connectivity index (χ3v) is 4.51. The maximum absolute atomic E-state index is 12.1. The summed E-state index contributed by atoms with van der Waals surface area (Å²) >= 11 is 3.16. The minimum atomic E-state index is -3.55. The lowest BCUT2D eigenvalue weighted by Gasteiger charge is -2.07. The van der Waals surface area contributed by atoms with Crippen molar-refractivity contribution in [3.05, 3.63) is 51.0 Å². The first kappa shape index (κ1) is 15.7. The van der Waals surface area contributed by atoms with Gasteiger partial charge in [0.2, 0.25) is 0 Å². The number of ether oxygens (including phenoxy) is 1. The maximum atomic E-state index is 12.1. The highest BCUT2D eigenvalue weighted by Gasteiger charge is 2.17. The van der Waals surface area contributed by atoms with Crippen molar-refractivity contribution in [2.24, 2.45) is 5.11 Å². The summed E-state index contributed by atoms with van der Waals surface area (Å²) < 4.78 is 29.6. The summed E-state index contributed by atoms with van der Waals surface area (Å²) in [6.07, 6.45) is 0. The van der Waals surface area contributed by atoms with E-state index in [1.807, 2.05) is 0 Å². The first-order valence-corrected chi connectivity index (χ1v) is 7.65. The maximum Gasteiger partial charge on any atom is 0.182 e. The number of azide groups is 1. The largest absolute Gasteiger partial charge is 0.379 e. The summed E-state index contributed by atoms with van der Waals surface area (Å²) in [5, 5.41) is 3.41. The van der Waals surface area contributed by atoms with Crippen LogP contribution in [0.3, 0.4) is 0 Å². The summed E-state index contributed by atoms with van der Waals surface area (Å²) in [6, 6.07) is 7.98. The van der Waals surface area contributed by atoms with Crippen LogP contribution in [0.1, 0.15) is 0 Å². The Balaban J connectivity index is 3.11. The van der Waals surface area contributed by atoms with Crippen molar-refractivity contribution in [1.29, 1.82) is 0 Å². The molecule has 0 aliphatic rings. The first-order chi connectivity index (χ1) is 9.01. The van der Waals surface area contributed by atoms with Crippen LogP contribution in [-0.4, -0.2) is 27.9 Å². The molecule has 102 valence electrons. The molecular weight excluding hydrogens is 334 g/mol. The molecule has 0 atom stereocenters. The van der Waals surface area contributed by atoms with Gasteiger partial charge in [-0.15, -0.1) is 0 Å². The Labute approximate surface area is 119 Å². The molecule has 0 radical (unpaired) electrons. The van der Waals surface area contributed by atoms with Crippen molar-refractivity contribution in [3.8, 4) is 0 Å². The zero-order valence-corrected chi connectivity index (χ0v) is 12.6. The Bertz CT molecular complexity index is 607. The number of nitrogens with zero attached hydrogens (tertiary/aromatic N) is 3. The van der Waals surface area contributed by atoms with E-state index in [0.29, 0.717) is 4.48 Å². The smallest absolute Gasteiger partial charge is 0.182 e. The second kappa shape index (κ2) is 7.30. The van der Waals surface area contributed by atoms with E-state index in [2.05, 4.69) is 26.0 Å². The van der Waals surface area contributed by atoms with Crippen LogP contribution >= 0.6 is 15.9 Å². The number of sulfone groups is 1. The predicted octanol–water partition coefficient (Wildman–Crippen LogP) is 3.02. The van der Waals surface area contributed by atoms with Gasteiger partial charge in [0, 0.05) is 22.2 Å². The fourth-order valence-electron chi connectivity index (χ4n) is 1.32. The predicted molar refractivity (Wildman–Crippen MR) is 75.5 cm³/mol. The minimum absolute atomic E-state index is 0.0909. The van der Waals surface area contributed by atoms with Crippen LogP contribution in [0.4, 0.5) is 0 Å². The van der Waals surface area contributed by atoms with E-state index in [-0.39, 0.29) is 23.0 Å². The molecule has 0 N–H and O–H groups in total. The van der Waals surface area contributed by atoms with Crippen molar-refractivity contribution in [2.45, 2.75) is 4.90 Å². The van der Waals surface area contributed by atoms with Crippen molar-refractivity contribution in [1.82, 2.24) is 0 Å². The van der Waals surface area contributed by atoms with Crippen LogP contribution in [0.2, 0.25) is 0 Å². The van der Waals surface area contributed by atoms with Crippen molar-refractivity contribution < 1.29 is 13.2 Å². The van der Waals surface area contributed by atoms with Gasteiger partial charge in [-0.25, -0.2) is 8.42 Å². The van der Waals surface area contributed by atoms with Gasteiger partial charge in [-0.1, -0.05) is 39.2 Å². The van der Waals surface area contributed by atoms with Crippen LogP contribution in [0.25, 0.3) is 10.4 Å². The van der Waals surface area contributed by atoms with Crippen molar-refractivity contribution in [3.63, 3.8) is 0 Å². The Kier molecular flexibility index (Phi) is 6.04. The molecule has 1 aromatic rings. The quantitative estimate of drug-likeness (QED) is 0.450. The Morgan fingerprint density at radius 3 is 2.58 bits per heavy atom. The van der Waals surface area contributed by atoms with Crippen molar-refractivity contribution in [2.75, 3.05) is 19.5 Å². The van der Waals surface area contributed by atoms with Crippen LogP contribution < -0.4 is 0 Å². The lowest BCUT2D eigenvalue weighted by molar-refractivity contribution is 0.231. The minimum Gasteiger partial charge on any atom is -0.379 e. The van der Waals surface area contributed by atoms with Gasteiger partial charge in [0.05, 0.1) is 17.3 Å². The molecule has 0 bridgehead atoms. The molecule has 0 unspecified atom stereocenters. The van der Waals surface area contributed by atoms with Gasteiger partial charge < -0.3 is 4.74 Å². The average molecular weight is 346 g/mol. The molecule has 1 rings (SSSR count). The lowest BCUT2D eigenvalue weighted by atomic mass is 10.4. The van der Waals surface area contributed by atoms with E-state index in [0.717, 1.165) is 0 Å². The second-order valence-corrected chi connectivity index (χ2v) is 6.49. The molecule has 0 saturated carbocycles. The number of hydrogen-bond donors (Lipinski definition) is 0. The fourth-order valence-corrected chi connectivity index (χ4v) is 3.28. The summed E-state index contributed by atoms with van der Waals surface area (Å²) in [5.41, 5.74) is 8.58. The molecule has 8 heteroatoms. The summed E-state index contributed by atoms with van der Waals surface area (Å²) in [7, 11) is -2.09. The molecule has 1 aromatic carbocycles. The zero-order chi connectivity index (χ0) is 14.3. The molecule has 0 saturated heterocycles. The van der Waals surface area contributed by atoms with Gasteiger partial charge in [-0.3, -0.25) is 0 Å². The number of benzene rings is 1. The van der Waals surface area contributed by atoms with E-state index in [4.69, 9.17) is 10.3 Å². The molecule has 0 aliphatic heterocycles. The van der Waals surface area contributed by atoms with Gasteiger partial charge in [0.15, 0.2) is 9.84 Å². The Morgan fingerprint density at radius 1 is 1.42 bits per heavy atom. The average Bonchev–Trinajstić information content (AvgIpc) is 2.39. The molecular formula is C11H12BrN3O3S. The third-order valence-electron chi connectivity index (χ3n) is 2.18. The van der Waals surface area contributed by atoms with Crippen LogP contribution in [0, 0.1) is 0 Å². The lowest BCUT2D eigenvalue weighted by Crippen LogP contribution is -2.09. The molecule has 0 amide bonds. The van der Waals surface area contributed by atoms with Crippen LogP contribution in [0.15, 0.2) is 50.5 Å². The van der Waals surface area contributed by atoms with Gasteiger partial charge in [-0.05, 0) is 17.7 Å². The van der Waals surface area contributed by atoms with Crippen LogP contribution in [-0.2, 0) is 14.6 Å². The summed E-state index contributed by atoms with van der Waals surface area (Å²) in [5.74, 6) is -0.384. The second-order valence-electron chi connectivity index (χ2n) is 3.55. The topological polar surface area (TPSA) is 92.1 Å². The van der Waals surface area contributed by atoms with Crippen molar-refractivity contribution >= 4 is 25.8 Å². The standard InChI is InChI=1S/C11H12BrN3O3S/c1-18-7-10(12)11(14-15-13)8-19(16,17)9-5-3-2-4-6-9/h2-6H,7-8H2,1H3. The van der Waals surface area contributed by atoms with Gasteiger partial charge in [-0.2, -0.15) is 0 Å². The Hall–Kier alpha value is -1.34. The van der Waals surface area contributed by atoms with Gasteiger partial charge in [0.1, 0.15) is 0 Å². The van der Waals surface area contributed by atoms with Gasteiger partial charge >= 0.3 is 0 Å². The number of rotatable bonds is 6. The first-order valence-electron chi connectivity index (χ1n) is 5.20. The Morgan fingerprint density at radius 2 is 2.05 bits per heavy atom. The molecule has 0 aromatic heterocycles. The highest BCUT2D eigenvalue weighted by Crippen LogP contribution is 2.20. The van der Waals surface area contributed by atoms with Gasteiger partial charge in [0.25, 0.3) is 0 Å². The number of halogens is 1. The summed E-state index contributed by atoms with van der Waals surface area (Å²) in [6.45, 7) is 0.138. The van der Waals surface area contributed by atoms with Crippen LogP contribution in [0.5, 0.6) is 0 Å². The molecule has 6 nitrogen and oxygen atoms in total. The highest BCUT2D eigenvalue weighted by molar-refractivity contribution is 9.11. The molecule has 0 fully saturated rings. The van der Waals surface area contributed by atoms with E-state index >= 15 is 0 Å². The molecule has 0 spiro atoms. The van der Waals surface area contributed by atoms with E-state index in [1.165, 1.54) is 19.2 Å². The summed E-state index contributed by atoms with van der Waals surface area (Å²) in [4.78, 5) is 2.81.